The van der Waals surface area contributed by atoms with E-state index in [1.807, 2.05) is 0 Å². The summed E-state index contributed by atoms with van der Waals surface area (Å²) in [6, 6.07) is 2.85. The van der Waals surface area contributed by atoms with Gasteiger partial charge in [-0.25, -0.2) is 4.68 Å². The summed E-state index contributed by atoms with van der Waals surface area (Å²) in [6.07, 6.45) is -3.25. The number of rotatable bonds is 3. The van der Waals surface area contributed by atoms with Crippen molar-refractivity contribution >= 4 is 22.5 Å². The molecule has 23 heavy (non-hydrogen) atoms. The van der Waals surface area contributed by atoms with Crippen LogP contribution in [0.25, 0.3) is 10.9 Å². The van der Waals surface area contributed by atoms with E-state index in [2.05, 4.69) is 5.10 Å². The number of aliphatic hydroxyl groups is 4. The fourth-order valence-corrected chi connectivity index (χ4v) is 2.76. The lowest BCUT2D eigenvalue weighted by Crippen LogP contribution is -2.46. The van der Waals surface area contributed by atoms with Gasteiger partial charge in [0.05, 0.1) is 23.9 Å². The average molecular weight is 324 g/mol. The quantitative estimate of drug-likeness (QED) is 0.334. The van der Waals surface area contributed by atoms with E-state index in [9.17, 15) is 20.1 Å². The maximum atomic E-state index is 11.5. The summed E-state index contributed by atoms with van der Waals surface area (Å²) in [5, 5.41) is 43.8. The molecule has 0 spiro atoms. The minimum atomic E-state index is -2.42. The molecule has 0 unspecified atom stereocenters. The summed E-state index contributed by atoms with van der Waals surface area (Å²) >= 11 is 0. The number of amides is 1. The molecule has 1 saturated heterocycles. The van der Waals surface area contributed by atoms with E-state index in [0.717, 1.165) is 4.68 Å². The molecule has 1 aliphatic rings. The highest BCUT2D eigenvalue weighted by Crippen LogP contribution is 2.36. The van der Waals surface area contributed by atoms with Gasteiger partial charge in [0.15, 0.2) is 6.10 Å². The summed E-state index contributed by atoms with van der Waals surface area (Å²) in [4.78, 5) is 11.5. The Morgan fingerprint density at radius 3 is 2.70 bits per heavy atom. The monoisotopic (exact) mass is 324 g/mol. The summed E-state index contributed by atoms with van der Waals surface area (Å²) in [5.74, 6) is -3.19. The Hall–Kier alpha value is -2.24. The largest absolute Gasteiger partial charge is 0.398 e. The van der Waals surface area contributed by atoms with Gasteiger partial charge in [-0.2, -0.15) is 5.10 Å². The molecule has 10 nitrogen and oxygen atoms in total. The van der Waals surface area contributed by atoms with E-state index in [0.29, 0.717) is 0 Å². The lowest BCUT2D eigenvalue weighted by atomic mass is 10.1. The first-order valence-electron chi connectivity index (χ1n) is 6.75. The standard InChI is InChI=1S/C13H16N4O6/c14-6-1-2-7-5(9(6)12(15)21)3-16-17(7)13(22)11(20)10(19)8(4-18)23-13/h1-3,8,10-11,18-20,22H,4,14H2,(H2,15,21)/t8-,10-,11-,13+/m1/s1. The van der Waals surface area contributed by atoms with Crippen LogP contribution in [0.2, 0.25) is 0 Å². The first-order chi connectivity index (χ1) is 10.8. The van der Waals surface area contributed by atoms with E-state index in [4.69, 9.17) is 21.3 Å². The smallest absolute Gasteiger partial charge is 0.299 e. The zero-order chi connectivity index (χ0) is 16.9. The highest BCUT2D eigenvalue weighted by molar-refractivity contribution is 6.09. The third-order valence-corrected chi connectivity index (χ3v) is 3.93. The van der Waals surface area contributed by atoms with Crippen molar-refractivity contribution in [1.82, 2.24) is 9.78 Å². The first kappa shape index (κ1) is 15.6. The molecule has 0 bridgehead atoms. The minimum absolute atomic E-state index is 0.0177. The molecule has 2 aromatic rings. The van der Waals surface area contributed by atoms with Gasteiger partial charge in [0.25, 0.3) is 11.8 Å². The van der Waals surface area contributed by atoms with Crippen molar-refractivity contribution in [2.75, 3.05) is 12.3 Å². The van der Waals surface area contributed by atoms with Gasteiger partial charge in [0.2, 0.25) is 0 Å². The number of nitrogens with zero attached hydrogens (tertiary/aromatic N) is 2. The number of fused-ring (bicyclic) bond motifs is 1. The average Bonchev–Trinajstić information content (AvgIpc) is 3.02. The van der Waals surface area contributed by atoms with Crippen molar-refractivity contribution < 1.29 is 30.0 Å². The van der Waals surface area contributed by atoms with E-state index < -0.39 is 36.7 Å². The van der Waals surface area contributed by atoms with Crippen molar-refractivity contribution in [3.8, 4) is 0 Å². The van der Waals surface area contributed by atoms with Crippen LogP contribution in [-0.4, -0.2) is 61.0 Å². The number of hydrogen-bond acceptors (Lipinski definition) is 8. The number of carbonyl (C=O) groups excluding carboxylic acids is 1. The lowest BCUT2D eigenvalue weighted by Gasteiger charge is -2.26. The van der Waals surface area contributed by atoms with Crippen molar-refractivity contribution in [3.05, 3.63) is 23.9 Å². The van der Waals surface area contributed by atoms with Crippen LogP contribution in [0.4, 0.5) is 5.69 Å². The molecule has 0 saturated carbocycles. The first-order valence-corrected chi connectivity index (χ1v) is 6.75. The predicted octanol–water partition coefficient (Wildman–Crippen LogP) is -2.57. The number of aromatic nitrogens is 2. The summed E-state index contributed by atoms with van der Waals surface area (Å²) < 4.78 is 6.06. The molecule has 0 radical (unpaired) electrons. The topological polar surface area (TPSA) is 177 Å². The summed E-state index contributed by atoms with van der Waals surface area (Å²) in [6.45, 7) is -0.612. The fraction of sp³-hybridized carbons (Fsp3) is 0.385. The van der Waals surface area contributed by atoms with Crippen LogP contribution >= 0.6 is 0 Å². The van der Waals surface area contributed by atoms with Crippen LogP contribution in [0.1, 0.15) is 10.4 Å². The lowest BCUT2D eigenvalue weighted by molar-refractivity contribution is -0.292. The Bertz CT molecular complexity index is 777. The van der Waals surface area contributed by atoms with Crippen molar-refractivity contribution in [2.24, 2.45) is 5.73 Å². The van der Waals surface area contributed by atoms with E-state index in [1.165, 1.54) is 18.3 Å². The minimum Gasteiger partial charge on any atom is -0.398 e. The van der Waals surface area contributed by atoms with Gasteiger partial charge in [-0.15, -0.1) is 0 Å². The number of hydrogen-bond donors (Lipinski definition) is 6. The SMILES string of the molecule is NC(=O)c1c(N)ccc2c1cnn2[C@@]1(O)O[C@H](CO)[C@@H](O)[C@H]1O. The molecule has 3 rings (SSSR count). The molecule has 8 N–H and O–H groups in total. The Labute approximate surface area is 129 Å². The predicted molar refractivity (Wildman–Crippen MR) is 76.8 cm³/mol. The molecule has 10 heteroatoms. The third-order valence-electron chi connectivity index (χ3n) is 3.93. The van der Waals surface area contributed by atoms with Crippen LogP contribution in [0.3, 0.4) is 0 Å². The molecule has 124 valence electrons. The van der Waals surface area contributed by atoms with Gasteiger partial charge in [0.1, 0.15) is 12.2 Å². The third kappa shape index (κ3) is 2.08. The zero-order valence-electron chi connectivity index (χ0n) is 11.8. The van der Waals surface area contributed by atoms with Crippen LogP contribution in [0, 0.1) is 0 Å². The van der Waals surface area contributed by atoms with Crippen molar-refractivity contribution in [3.63, 3.8) is 0 Å². The highest BCUT2D eigenvalue weighted by atomic mass is 16.7. The summed E-state index contributed by atoms with van der Waals surface area (Å²) in [5.41, 5.74) is 11.4. The van der Waals surface area contributed by atoms with Gasteiger partial charge in [-0.1, -0.05) is 0 Å². The molecule has 4 atom stereocenters. The molecule has 2 heterocycles. The normalized spacial score (nSPS) is 30.9. The number of carbonyl (C=O) groups is 1. The second-order valence-electron chi connectivity index (χ2n) is 5.32. The van der Waals surface area contributed by atoms with Crippen LogP contribution in [0.15, 0.2) is 18.3 Å². The van der Waals surface area contributed by atoms with E-state index in [-0.39, 0.29) is 22.2 Å². The molecule has 1 fully saturated rings. The molecule has 1 aliphatic heterocycles. The highest BCUT2D eigenvalue weighted by Gasteiger charge is 2.56. The van der Waals surface area contributed by atoms with Crippen LogP contribution in [0.5, 0.6) is 0 Å². The Balaban J connectivity index is 2.18. The number of benzene rings is 1. The molecular weight excluding hydrogens is 308 g/mol. The van der Waals surface area contributed by atoms with Gasteiger partial charge in [-0.3, -0.25) is 4.79 Å². The number of nitrogens with two attached hydrogens (primary N) is 2. The van der Waals surface area contributed by atoms with Gasteiger partial charge >= 0.3 is 0 Å². The Morgan fingerprint density at radius 2 is 2.13 bits per heavy atom. The number of aliphatic hydroxyl groups excluding tert-OH is 3. The van der Waals surface area contributed by atoms with E-state index in [1.54, 1.807) is 0 Å². The molecule has 0 aliphatic carbocycles. The van der Waals surface area contributed by atoms with Crippen molar-refractivity contribution in [2.45, 2.75) is 24.2 Å². The Kier molecular flexibility index (Phi) is 3.50. The summed E-state index contributed by atoms with van der Waals surface area (Å²) in [7, 11) is 0. The van der Waals surface area contributed by atoms with Crippen molar-refractivity contribution in [1.29, 1.82) is 0 Å². The molecule has 1 aromatic heterocycles. The maximum absolute atomic E-state index is 11.5. The van der Waals surface area contributed by atoms with Gasteiger partial charge in [0, 0.05) is 11.1 Å². The molecule has 1 aromatic carbocycles. The fourth-order valence-electron chi connectivity index (χ4n) is 2.76. The number of ether oxygens (including phenoxy) is 1. The number of nitrogen functional groups attached to an aromatic ring is 1. The Morgan fingerprint density at radius 1 is 1.43 bits per heavy atom. The van der Waals surface area contributed by atoms with Crippen LogP contribution in [-0.2, 0) is 10.6 Å². The van der Waals surface area contributed by atoms with E-state index >= 15 is 0 Å². The number of anilines is 1. The maximum Gasteiger partial charge on any atom is 0.299 e. The van der Waals surface area contributed by atoms with Gasteiger partial charge in [-0.05, 0) is 12.1 Å². The second-order valence-corrected chi connectivity index (χ2v) is 5.32. The van der Waals surface area contributed by atoms with Crippen LogP contribution < -0.4 is 11.5 Å². The molecular formula is C13H16N4O6. The second kappa shape index (κ2) is 5.15. The number of primary amides is 1. The van der Waals surface area contributed by atoms with Gasteiger partial charge < -0.3 is 36.6 Å². The zero-order valence-corrected chi connectivity index (χ0v) is 11.8. The molecule has 1 amide bonds.